The Hall–Kier alpha value is -1.62. The fraction of sp³-hybridized carbons (Fsp3) is 0.0625. The summed E-state index contributed by atoms with van der Waals surface area (Å²) in [6.07, 6.45) is 1.64. The van der Waals surface area contributed by atoms with Gasteiger partial charge in [0.1, 0.15) is 0 Å². The van der Waals surface area contributed by atoms with Crippen LogP contribution in [0.5, 0.6) is 0 Å². The maximum atomic E-state index is 12.6. The Morgan fingerprint density at radius 2 is 1.90 bits per heavy atom. The van der Waals surface area contributed by atoms with Crippen LogP contribution >= 0.6 is 23.7 Å². The maximum absolute atomic E-state index is 12.6. The highest BCUT2D eigenvalue weighted by atomic mass is 35.5. The predicted octanol–water partition coefficient (Wildman–Crippen LogP) is 5.02. The minimum atomic E-state index is -0.111. The molecule has 106 valence electrons. The molecule has 0 amide bonds. The standard InChI is InChI=1S/C16H11ClFNOS/c17-12-3-6-14-15(7-12)19-8-11(9-20)16(14)10-1-4-13(21-18)5-2-10/h1-8,20H,9H2. The second-order valence-corrected chi connectivity index (χ2v) is 5.64. The Kier molecular flexibility index (Phi) is 4.10. The zero-order valence-corrected chi connectivity index (χ0v) is 12.5. The van der Waals surface area contributed by atoms with Crippen molar-refractivity contribution >= 4 is 34.7 Å². The van der Waals surface area contributed by atoms with E-state index in [1.807, 2.05) is 18.2 Å². The van der Waals surface area contributed by atoms with Gasteiger partial charge in [0.15, 0.2) is 0 Å². The molecule has 0 saturated heterocycles. The van der Waals surface area contributed by atoms with E-state index in [9.17, 15) is 8.99 Å². The summed E-state index contributed by atoms with van der Waals surface area (Å²) in [6, 6.07) is 12.6. The van der Waals surface area contributed by atoms with Gasteiger partial charge in [0, 0.05) is 27.1 Å². The van der Waals surface area contributed by atoms with E-state index in [4.69, 9.17) is 11.6 Å². The number of halogens is 2. The smallest absolute Gasteiger partial charge is 0.0812 e. The van der Waals surface area contributed by atoms with Crippen LogP contribution in [0.2, 0.25) is 5.02 Å². The number of nitrogens with zero attached hydrogens (tertiary/aromatic N) is 1. The van der Waals surface area contributed by atoms with Crippen molar-refractivity contribution in [2.75, 3.05) is 0 Å². The van der Waals surface area contributed by atoms with Crippen molar-refractivity contribution in [2.24, 2.45) is 0 Å². The van der Waals surface area contributed by atoms with Crippen LogP contribution in [0.1, 0.15) is 5.56 Å². The monoisotopic (exact) mass is 319 g/mol. The summed E-state index contributed by atoms with van der Waals surface area (Å²) >= 11 is 6.21. The first kappa shape index (κ1) is 14.3. The molecule has 2 aromatic carbocycles. The van der Waals surface area contributed by atoms with Crippen LogP contribution in [-0.4, -0.2) is 10.1 Å². The summed E-state index contributed by atoms with van der Waals surface area (Å²) < 4.78 is 12.6. The summed E-state index contributed by atoms with van der Waals surface area (Å²) in [7, 11) is 0. The third kappa shape index (κ3) is 2.75. The second-order valence-electron chi connectivity index (χ2n) is 4.58. The molecule has 0 spiro atoms. The van der Waals surface area contributed by atoms with Crippen LogP contribution in [0, 0.1) is 0 Å². The Labute approximate surface area is 130 Å². The minimum Gasteiger partial charge on any atom is -0.392 e. The predicted molar refractivity (Wildman–Crippen MR) is 85.1 cm³/mol. The zero-order chi connectivity index (χ0) is 14.8. The molecule has 0 bridgehead atoms. The zero-order valence-electron chi connectivity index (χ0n) is 10.9. The van der Waals surface area contributed by atoms with Gasteiger partial charge in [-0.25, -0.2) is 0 Å². The first-order chi connectivity index (χ1) is 10.2. The molecule has 1 N–H and O–H groups in total. The van der Waals surface area contributed by atoms with Crippen LogP contribution in [0.15, 0.2) is 53.6 Å². The number of aliphatic hydroxyl groups is 1. The van der Waals surface area contributed by atoms with E-state index in [1.54, 1.807) is 30.5 Å². The molecule has 0 fully saturated rings. The summed E-state index contributed by atoms with van der Waals surface area (Å²) in [5.41, 5.74) is 3.30. The lowest BCUT2D eigenvalue weighted by atomic mass is 9.97. The second kappa shape index (κ2) is 6.02. The molecule has 3 rings (SSSR count). The molecule has 5 heteroatoms. The molecule has 0 unspecified atom stereocenters. The number of hydrogen-bond donors (Lipinski definition) is 1. The lowest BCUT2D eigenvalue weighted by molar-refractivity contribution is 0.282. The lowest BCUT2D eigenvalue weighted by Crippen LogP contribution is -1.94. The molecular formula is C16H11ClFNOS. The largest absolute Gasteiger partial charge is 0.392 e. The van der Waals surface area contributed by atoms with E-state index < -0.39 is 0 Å². The molecule has 0 saturated carbocycles. The summed E-state index contributed by atoms with van der Waals surface area (Å²) in [4.78, 5) is 4.87. The highest BCUT2D eigenvalue weighted by Crippen LogP contribution is 2.33. The molecule has 0 atom stereocenters. The summed E-state index contributed by atoms with van der Waals surface area (Å²) in [5.74, 6) is 0. The normalized spacial score (nSPS) is 11.0. The van der Waals surface area contributed by atoms with Gasteiger partial charge in [0.25, 0.3) is 0 Å². The van der Waals surface area contributed by atoms with E-state index in [0.29, 0.717) is 9.92 Å². The number of fused-ring (bicyclic) bond motifs is 1. The van der Waals surface area contributed by atoms with E-state index in [0.717, 1.165) is 27.6 Å². The lowest BCUT2D eigenvalue weighted by Gasteiger charge is -2.12. The molecule has 3 aromatic rings. The van der Waals surface area contributed by atoms with Crippen molar-refractivity contribution in [3.05, 3.63) is 59.2 Å². The number of hydrogen-bond acceptors (Lipinski definition) is 3. The van der Waals surface area contributed by atoms with Gasteiger partial charge in [-0.3, -0.25) is 4.98 Å². The third-order valence-corrected chi connectivity index (χ3v) is 4.00. The topological polar surface area (TPSA) is 33.1 Å². The molecule has 0 aliphatic carbocycles. The molecule has 0 aliphatic rings. The van der Waals surface area contributed by atoms with Crippen LogP contribution in [-0.2, 0) is 6.61 Å². The van der Waals surface area contributed by atoms with Gasteiger partial charge in [0.2, 0.25) is 0 Å². The van der Waals surface area contributed by atoms with Crippen molar-refractivity contribution in [2.45, 2.75) is 11.5 Å². The van der Waals surface area contributed by atoms with E-state index >= 15 is 0 Å². The molecule has 2 nitrogen and oxygen atoms in total. The fourth-order valence-electron chi connectivity index (χ4n) is 2.34. The van der Waals surface area contributed by atoms with E-state index in [-0.39, 0.29) is 18.8 Å². The number of benzene rings is 2. The number of aromatic nitrogens is 1. The van der Waals surface area contributed by atoms with Crippen LogP contribution in [0.3, 0.4) is 0 Å². The van der Waals surface area contributed by atoms with Gasteiger partial charge >= 0.3 is 0 Å². The molecular weight excluding hydrogens is 309 g/mol. The van der Waals surface area contributed by atoms with Crippen molar-refractivity contribution in [3.8, 4) is 11.1 Å². The maximum Gasteiger partial charge on any atom is 0.0812 e. The number of pyridine rings is 1. The first-order valence-corrected chi connectivity index (χ1v) is 7.39. The van der Waals surface area contributed by atoms with Crippen molar-refractivity contribution in [3.63, 3.8) is 0 Å². The van der Waals surface area contributed by atoms with Crippen LogP contribution < -0.4 is 0 Å². The molecule has 1 aromatic heterocycles. The summed E-state index contributed by atoms with van der Waals surface area (Å²) in [6.45, 7) is -0.111. The van der Waals surface area contributed by atoms with E-state index in [1.165, 1.54) is 0 Å². The average molecular weight is 320 g/mol. The quantitative estimate of drug-likeness (QED) is 0.735. The van der Waals surface area contributed by atoms with Gasteiger partial charge in [-0.1, -0.05) is 29.8 Å². The van der Waals surface area contributed by atoms with Crippen molar-refractivity contribution < 1.29 is 8.99 Å². The SMILES string of the molecule is OCc1cnc2cc(Cl)ccc2c1-c1ccc(SF)cc1. The van der Waals surface area contributed by atoms with Gasteiger partial charge in [-0.05, 0) is 35.4 Å². The van der Waals surface area contributed by atoms with Gasteiger partial charge < -0.3 is 5.11 Å². The Bertz CT molecular complexity index is 792. The van der Waals surface area contributed by atoms with E-state index in [2.05, 4.69) is 4.98 Å². The molecule has 0 radical (unpaired) electrons. The molecule has 0 aliphatic heterocycles. The first-order valence-electron chi connectivity index (χ1n) is 6.30. The van der Waals surface area contributed by atoms with Gasteiger partial charge in [-0.15, -0.1) is 0 Å². The average Bonchev–Trinajstić information content (AvgIpc) is 2.53. The van der Waals surface area contributed by atoms with Crippen LogP contribution in [0.4, 0.5) is 3.89 Å². The highest BCUT2D eigenvalue weighted by molar-refractivity contribution is 7.94. The fourth-order valence-corrected chi connectivity index (χ4v) is 2.75. The third-order valence-electron chi connectivity index (χ3n) is 3.31. The van der Waals surface area contributed by atoms with Crippen molar-refractivity contribution in [1.82, 2.24) is 4.98 Å². The Morgan fingerprint density at radius 1 is 1.14 bits per heavy atom. The van der Waals surface area contributed by atoms with Gasteiger partial charge in [0.05, 0.1) is 24.3 Å². The Balaban J connectivity index is 2.27. The van der Waals surface area contributed by atoms with Gasteiger partial charge in [-0.2, -0.15) is 3.89 Å². The van der Waals surface area contributed by atoms with Crippen molar-refractivity contribution in [1.29, 1.82) is 0 Å². The van der Waals surface area contributed by atoms with Crippen LogP contribution in [0.25, 0.3) is 22.0 Å². The number of rotatable bonds is 3. The molecule has 1 heterocycles. The summed E-state index contributed by atoms with van der Waals surface area (Å²) in [5, 5.41) is 11.1. The number of aliphatic hydroxyl groups excluding tert-OH is 1. The Morgan fingerprint density at radius 3 is 2.57 bits per heavy atom. The molecule has 21 heavy (non-hydrogen) atoms. The minimum absolute atomic E-state index is 0.111. The highest BCUT2D eigenvalue weighted by Gasteiger charge is 2.11.